The van der Waals surface area contributed by atoms with E-state index in [1.165, 1.54) is 18.4 Å². The third-order valence-corrected chi connectivity index (χ3v) is 4.89. The summed E-state index contributed by atoms with van der Waals surface area (Å²) in [6.07, 6.45) is 4.69. The molecule has 1 N–H and O–H groups in total. The van der Waals surface area contributed by atoms with Gasteiger partial charge in [-0.3, -0.25) is 0 Å². The molecule has 2 fully saturated rings. The number of rotatable bonds is 4. The molecule has 0 radical (unpaired) electrons. The molecule has 116 valence electrons. The van der Waals surface area contributed by atoms with Crippen LogP contribution < -0.4 is 10.1 Å². The van der Waals surface area contributed by atoms with Gasteiger partial charge in [-0.15, -0.1) is 0 Å². The van der Waals surface area contributed by atoms with Gasteiger partial charge in [-0.25, -0.2) is 0 Å². The lowest BCUT2D eigenvalue weighted by Crippen LogP contribution is -2.50. The van der Waals surface area contributed by atoms with E-state index >= 15 is 0 Å². The van der Waals surface area contributed by atoms with Crippen molar-refractivity contribution in [3.63, 3.8) is 0 Å². The highest BCUT2D eigenvalue weighted by Crippen LogP contribution is 2.41. The van der Waals surface area contributed by atoms with Crippen LogP contribution in [0.15, 0.2) is 24.3 Å². The molecule has 0 spiro atoms. The molecule has 1 aliphatic carbocycles. The van der Waals surface area contributed by atoms with Crippen LogP contribution in [-0.2, 0) is 4.74 Å². The first kappa shape index (κ1) is 14.9. The zero-order valence-electron chi connectivity index (χ0n) is 13.4. The molecule has 3 nitrogen and oxygen atoms in total. The summed E-state index contributed by atoms with van der Waals surface area (Å²) in [7, 11) is 1.76. The van der Waals surface area contributed by atoms with Crippen LogP contribution in [0.5, 0.6) is 5.75 Å². The van der Waals surface area contributed by atoms with E-state index in [9.17, 15) is 0 Å². The molecule has 3 heteroatoms. The normalized spacial score (nSPS) is 31.5. The molecular weight excluding hydrogens is 262 g/mol. The Kier molecular flexibility index (Phi) is 4.23. The highest BCUT2D eigenvalue weighted by atomic mass is 16.5. The SMILES string of the molecule is COc1ccccc1C1CC(NC2CCOC(C)(C)C2)C1. The number of para-hydroxylation sites is 1. The largest absolute Gasteiger partial charge is 0.496 e. The lowest BCUT2D eigenvalue weighted by molar-refractivity contribution is -0.0655. The number of ether oxygens (including phenoxy) is 2. The first-order chi connectivity index (χ1) is 10.1. The van der Waals surface area contributed by atoms with Crippen LogP contribution in [-0.4, -0.2) is 31.4 Å². The Morgan fingerprint density at radius 3 is 2.67 bits per heavy atom. The quantitative estimate of drug-likeness (QED) is 0.920. The molecule has 1 atom stereocenters. The van der Waals surface area contributed by atoms with Crippen molar-refractivity contribution >= 4 is 0 Å². The Morgan fingerprint density at radius 2 is 1.95 bits per heavy atom. The maximum atomic E-state index is 5.79. The van der Waals surface area contributed by atoms with Gasteiger partial charge in [-0.2, -0.15) is 0 Å². The second-order valence-electron chi connectivity index (χ2n) is 7.07. The maximum absolute atomic E-state index is 5.79. The van der Waals surface area contributed by atoms with E-state index in [1.54, 1.807) is 7.11 Å². The van der Waals surface area contributed by atoms with Gasteiger partial charge in [0.25, 0.3) is 0 Å². The lowest BCUT2D eigenvalue weighted by atomic mass is 9.75. The predicted octanol–water partition coefficient (Wildman–Crippen LogP) is 3.49. The second-order valence-corrected chi connectivity index (χ2v) is 7.07. The van der Waals surface area contributed by atoms with Crippen molar-refractivity contribution in [2.75, 3.05) is 13.7 Å². The number of benzene rings is 1. The molecule has 2 aliphatic rings. The van der Waals surface area contributed by atoms with Crippen molar-refractivity contribution in [3.8, 4) is 5.75 Å². The minimum Gasteiger partial charge on any atom is -0.496 e. The summed E-state index contributed by atoms with van der Waals surface area (Å²) >= 11 is 0. The maximum Gasteiger partial charge on any atom is 0.122 e. The van der Waals surface area contributed by atoms with E-state index in [2.05, 4.69) is 37.4 Å². The zero-order chi connectivity index (χ0) is 14.9. The summed E-state index contributed by atoms with van der Waals surface area (Å²) in [5.74, 6) is 1.68. The number of methoxy groups -OCH3 is 1. The van der Waals surface area contributed by atoms with Gasteiger partial charge in [0.2, 0.25) is 0 Å². The van der Waals surface area contributed by atoms with Crippen molar-refractivity contribution in [2.45, 2.75) is 63.1 Å². The van der Waals surface area contributed by atoms with E-state index in [0.29, 0.717) is 18.0 Å². The fourth-order valence-electron chi connectivity index (χ4n) is 3.72. The van der Waals surface area contributed by atoms with Gasteiger partial charge in [0.05, 0.1) is 12.7 Å². The molecule has 0 amide bonds. The minimum atomic E-state index is 0.0295. The average molecular weight is 289 g/mol. The molecule has 1 heterocycles. The smallest absolute Gasteiger partial charge is 0.122 e. The van der Waals surface area contributed by atoms with E-state index in [0.717, 1.165) is 25.2 Å². The number of hydrogen-bond donors (Lipinski definition) is 1. The number of nitrogens with one attached hydrogen (secondary N) is 1. The number of hydrogen-bond acceptors (Lipinski definition) is 3. The molecule has 1 saturated heterocycles. The van der Waals surface area contributed by atoms with Gasteiger partial charge >= 0.3 is 0 Å². The van der Waals surface area contributed by atoms with E-state index in [4.69, 9.17) is 9.47 Å². The standard InChI is InChI=1S/C18H27NO2/c1-18(2)12-14(8-9-21-18)19-15-10-13(11-15)16-6-4-5-7-17(16)20-3/h4-7,13-15,19H,8-12H2,1-3H3. The molecule has 21 heavy (non-hydrogen) atoms. The van der Waals surface area contributed by atoms with Crippen molar-refractivity contribution in [3.05, 3.63) is 29.8 Å². The van der Waals surface area contributed by atoms with Gasteiger partial charge in [-0.1, -0.05) is 18.2 Å². The van der Waals surface area contributed by atoms with Crippen molar-refractivity contribution < 1.29 is 9.47 Å². The van der Waals surface area contributed by atoms with Crippen molar-refractivity contribution in [2.24, 2.45) is 0 Å². The Balaban J connectivity index is 1.52. The Hall–Kier alpha value is -1.06. The van der Waals surface area contributed by atoms with Gasteiger partial charge < -0.3 is 14.8 Å². The van der Waals surface area contributed by atoms with Crippen LogP contribution in [0.25, 0.3) is 0 Å². The molecule has 1 aliphatic heterocycles. The minimum absolute atomic E-state index is 0.0295. The van der Waals surface area contributed by atoms with E-state index in [-0.39, 0.29) is 5.60 Å². The van der Waals surface area contributed by atoms with Crippen LogP contribution in [0.4, 0.5) is 0 Å². The zero-order valence-corrected chi connectivity index (χ0v) is 13.4. The first-order valence-electron chi connectivity index (χ1n) is 8.10. The van der Waals surface area contributed by atoms with Gasteiger partial charge in [0.15, 0.2) is 0 Å². The molecule has 0 bridgehead atoms. The first-order valence-corrected chi connectivity index (χ1v) is 8.10. The fourth-order valence-corrected chi connectivity index (χ4v) is 3.72. The highest BCUT2D eigenvalue weighted by molar-refractivity contribution is 5.37. The van der Waals surface area contributed by atoms with E-state index < -0.39 is 0 Å². The van der Waals surface area contributed by atoms with Crippen molar-refractivity contribution in [1.82, 2.24) is 5.32 Å². The summed E-state index contributed by atoms with van der Waals surface area (Å²) in [6, 6.07) is 9.69. The average Bonchev–Trinajstić information content (AvgIpc) is 2.41. The topological polar surface area (TPSA) is 30.5 Å². The van der Waals surface area contributed by atoms with Crippen molar-refractivity contribution in [1.29, 1.82) is 0 Å². The molecule has 0 aromatic heterocycles. The molecule has 1 unspecified atom stereocenters. The molecule has 1 aromatic carbocycles. The summed E-state index contributed by atoms with van der Waals surface area (Å²) in [5, 5.41) is 3.83. The van der Waals surface area contributed by atoms with Crippen LogP contribution in [0.1, 0.15) is 51.0 Å². The summed E-state index contributed by atoms with van der Waals surface area (Å²) in [6.45, 7) is 5.27. The fraction of sp³-hybridized carbons (Fsp3) is 0.667. The Labute approximate surface area is 128 Å². The van der Waals surface area contributed by atoms with Crippen LogP contribution in [0.2, 0.25) is 0 Å². The third-order valence-electron chi connectivity index (χ3n) is 4.89. The van der Waals surface area contributed by atoms with Crippen LogP contribution >= 0.6 is 0 Å². The summed E-state index contributed by atoms with van der Waals surface area (Å²) < 4.78 is 11.3. The van der Waals surface area contributed by atoms with Gasteiger partial charge in [0.1, 0.15) is 5.75 Å². The van der Waals surface area contributed by atoms with Gasteiger partial charge in [-0.05, 0) is 57.1 Å². The molecule has 1 aromatic rings. The van der Waals surface area contributed by atoms with Crippen LogP contribution in [0, 0.1) is 0 Å². The van der Waals surface area contributed by atoms with Gasteiger partial charge in [0, 0.05) is 18.7 Å². The predicted molar refractivity (Wildman–Crippen MR) is 84.9 cm³/mol. The molecular formula is C18H27NO2. The second kappa shape index (κ2) is 5.98. The highest BCUT2D eigenvalue weighted by Gasteiger charge is 2.35. The summed E-state index contributed by atoms with van der Waals surface area (Å²) in [5.41, 5.74) is 1.40. The monoisotopic (exact) mass is 289 g/mol. The summed E-state index contributed by atoms with van der Waals surface area (Å²) in [4.78, 5) is 0. The third kappa shape index (κ3) is 3.41. The van der Waals surface area contributed by atoms with E-state index in [1.807, 2.05) is 6.07 Å². The molecule has 1 saturated carbocycles. The lowest BCUT2D eigenvalue weighted by Gasteiger charge is -2.42. The van der Waals surface area contributed by atoms with Crippen LogP contribution in [0.3, 0.4) is 0 Å². The Morgan fingerprint density at radius 1 is 1.19 bits per heavy atom. The molecule has 3 rings (SSSR count). The Bertz CT molecular complexity index is 480.